The second kappa shape index (κ2) is 2.13. The van der Waals surface area contributed by atoms with Gasteiger partial charge in [0.2, 0.25) is 0 Å². The van der Waals surface area contributed by atoms with Crippen LogP contribution in [0.25, 0.3) is 0 Å². The van der Waals surface area contributed by atoms with Gasteiger partial charge in [-0.15, -0.1) is 0 Å². The fourth-order valence-corrected chi connectivity index (χ4v) is 1.77. The van der Waals surface area contributed by atoms with Crippen LogP contribution < -0.4 is 0 Å². The highest BCUT2D eigenvalue weighted by Crippen LogP contribution is 2.31. The number of rotatable bonds is 0. The lowest BCUT2D eigenvalue weighted by molar-refractivity contribution is 0.381. The van der Waals surface area contributed by atoms with E-state index in [0.717, 1.165) is 11.4 Å². The molecule has 3 nitrogen and oxygen atoms in total. The topological polar surface area (TPSA) is 35.8 Å². The Kier molecular flexibility index (Phi) is 1.10. The van der Waals surface area contributed by atoms with Crippen molar-refractivity contribution in [3.05, 3.63) is 47.5 Å². The monoisotopic (exact) mass is 172 g/mol. The third kappa shape index (κ3) is 0.811. The van der Waals surface area contributed by atoms with Crippen LogP contribution in [0.5, 0.6) is 0 Å². The molecule has 3 heteroatoms. The standard InChI is InChI=1S/C10H8N2O/c13-9-4-7-2-1-3-10-11-6-8(5-9)12(7)10/h1-6,10,13H. The molecule has 0 bridgehead atoms. The Bertz CT molecular complexity index is 413. The second-order valence-electron chi connectivity index (χ2n) is 3.18. The van der Waals surface area contributed by atoms with Gasteiger partial charge in [-0.3, -0.25) is 4.99 Å². The molecule has 0 aromatic carbocycles. The van der Waals surface area contributed by atoms with Crippen molar-refractivity contribution in [1.82, 2.24) is 4.90 Å². The minimum Gasteiger partial charge on any atom is -0.508 e. The molecule has 0 amide bonds. The van der Waals surface area contributed by atoms with Crippen LogP contribution in [0.4, 0.5) is 0 Å². The highest BCUT2D eigenvalue weighted by Gasteiger charge is 2.28. The molecule has 0 saturated heterocycles. The van der Waals surface area contributed by atoms with E-state index in [1.165, 1.54) is 0 Å². The van der Waals surface area contributed by atoms with Crippen LogP contribution >= 0.6 is 0 Å². The molecule has 13 heavy (non-hydrogen) atoms. The van der Waals surface area contributed by atoms with Crippen molar-refractivity contribution in [3.63, 3.8) is 0 Å². The minimum atomic E-state index is 0.0931. The summed E-state index contributed by atoms with van der Waals surface area (Å²) in [7, 11) is 0. The minimum absolute atomic E-state index is 0.0931. The van der Waals surface area contributed by atoms with Gasteiger partial charge in [0.05, 0.1) is 5.70 Å². The molecule has 64 valence electrons. The van der Waals surface area contributed by atoms with E-state index >= 15 is 0 Å². The highest BCUT2D eigenvalue weighted by atomic mass is 16.3. The average Bonchev–Trinajstić information content (AvgIpc) is 2.50. The Hall–Kier alpha value is -1.77. The maximum atomic E-state index is 9.40. The molecule has 0 saturated carbocycles. The van der Waals surface area contributed by atoms with E-state index in [9.17, 15) is 5.11 Å². The predicted octanol–water partition coefficient (Wildman–Crippen LogP) is 1.49. The lowest BCUT2D eigenvalue weighted by atomic mass is 10.1. The fraction of sp³-hybridized carbons (Fsp3) is 0.100. The van der Waals surface area contributed by atoms with Gasteiger partial charge >= 0.3 is 0 Å². The average molecular weight is 172 g/mol. The summed E-state index contributed by atoms with van der Waals surface area (Å²) in [6, 6.07) is 0. The first-order chi connectivity index (χ1) is 6.34. The van der Waals surface area contributed by atoms with Gasteiger partial charge in [-0.1, -0.05) is 6.08 Å². The Balaban J connectivity index is 2.19. The number of hydrogen-bond acceptors (Lipinski definition) is 3. The van der Waals surface area contributed by atoms with Gasteiger partial charge in [-0.2, -0.15) is 0 Å². The molecule has 0 aliphatic carbocycles. The quantitative estimate of drug-likeness (QED) is 0.601. The van der Waals surface area contributed by atoms with Crippen LogP contribution in [-0.4, -0.2) is 22.4 Å². The molecule has 0 aromatic rings. The van der Waals surface area contributed by atoms with Gasteiger partial charge in [-0.25, -0.2) is 0 Å². The summed E-state index contributed by atoms with van der Waals surface area (Å²) in [4.78, 5) is 6.38. The van der Waals surface area contributed by atoms with Gasteiger partial charge in [0.1, 0.15) is 11.9 Å². The summed E-state index contributed by atoms with van der Waals surface area (Å²) in [6.07, 6.45) is 11.3. The van der Waals surface area contributed by atoms with E-state index in [2.05, 4.69) is 9.89 Å². The molecule has 3 heterocycles. The van der Waals surface area contributed by atoms with Crippen molar-refractivity contribution in [1.29, 1.82) is 0 Å². The SMILES string of the molecule is OC1=CC2=CC=CC3N=CC(=C1)N23. The van der Waals surface area contributed by atoms with Crippen molar-refractivity contribution in [2.24, 2.45) is 4.99 Å². The highest BCUT2D eigenvalue weighted by molar-refractivity contribution is 5.83. The van der Waals surface area contributed by atoms with Crippen LogP contribution in [0.1, 0.15) is 0 Å². The molecule has 1 atom stereocenters. The molecule has 3 aliphatic heterocycles. The molecule has 1 N–H and O–H groups in total. The summed E-state index contributed by atoms with van der Waals surface area (Å²) in [5, 5.41) is 9.40. The summed E-state index contributed by atoms with van der Waals surface area (Å²) in [5.41, 5.74) is 1.96. The zero-order valence-corrected chi connectivity index (χ0v) is 6.88. The first-order valence-electron chi connectivity index (χ1n) is 4.18. The number of aliphatic imine (C=N–C) groups is 1. The lowest BCUT2D eigenvalue weighted by Gasteiger charge is -2.29. The molecule has 0 fully saturated rings. The number of aliphatic hydroxyl groups excluding tert-OH is 1. The van der Waals surface area contributed by atoms with Crippen LogP contribution in [0.2, 0.25) is 0 Å². The van der Waals surface area contributed by atoms with Crippen LogP contribution in [0.3, 0.4) is 0 Å². The molecule has 3 aliphatic rings. The Morgan fingerprint density at radius 2 is 2.23 bits per heavy atom. The zero-order valence-electron chi connectivity index (χ0n) is 6.88. The first-order valence-corrected chi connectivity index (χ1v) is 4.18. The van der Waals surface area contributed by atoms with Crippen molar-refractivity contribution in [3.8, 4) is 0 Å². The smallest absolute Gasteiger partial charge is 0.144 e. The Morgan fingerprint density at radius 1 is 1.31 bits per heavy atom. The van der Waals surface area contributed by atoms with E-state index in [4.69, 9.17) is 0 Å². The summed E-state index contributed by atoms with van der Waals surface area (Å²) in [5.74, 6) is 0.292. The van der Waals surface area contributed by atoms with E-state index in [-0.39, 0.29) is 6.17 Å². The Labute approximate surface area is 75.7 Å². The molecule has 0 radical (unpaired) electrons. The van der Waals surface area contributed by atoms with Crippen molar-refractivity contribution < 1.29 is 5.11 Å². The van der Waals surface area contributed by atoms with E-state index in [1.54, 1.807) is 18.4 Å². The summed E-state index contributed by atoms with van der Waals surface area (Å²) < 4.78 is 0. The lowest BCUT2D eigenvalue weighted by Crippen LogP contribution is -2.29. The fourth-order valence-electron chi connectivity index (χ4n) is 1.77. The van der Waals surface area contributed by atoms with Gasteiger partial charge in [-0.05, 0) is 12.2 Å². The number of allylic oxidation sites excluding steroid dienone is 5. The number of aliphatic hydroxyl groups is 1. The van der Waals surface area contributed by atoms with Crippen LogP contribution in [-0.2, 0) is 0 Å². The van der Waals surface area contributed by atoms with Gasteiger partial charge in [0.15, 0.2) is 0 Å². The molecule has 0 spiro atoms. The third-order valence-electron chi connectivity index (χ3n) is 2.32. The normalized spacial score (nSPS) is 28.2. The van der Waals surface area contributed by atoms with E-state index < -0.39 is 0 Å². The van der Waals surface area contributed by atoms with Gasteiger partial charge in [0.25, 0.3) is 0 Å². The first kappa shape index (κ1) is 6.71. The predicted molar refractivity (Wildman–Crippen MR) is 50.1 cm³/mol. The van der Waals surface area contributed by atoms with Crippen LogP contribution in [0.15, 0.2) is 52.5 Å². The summed E-state index contributed by atoms with van der Waals surface area (Å²) in [6.45, 7) is 0. The van der Waals surface area contributed by atoms with E-state index in [1.807, 2.05) is 18.2 Å². The Morgan fingerprint density at radius 3 is 3.15 bits per heavy atom. The van der Waals surface area contributed by atoms with Crippen molar-refractivity contribution >= 4 is 6.21 Å². The second-order valence-corrected chi connectivity index (χ2v) is 3.18. The van der Waals surface area contributed by atoms with Gasteiger partial charge in [0, 0.05) is 24.1 Å². The summed E-state index contributed by atoms with van der Waals surface area (Å²) >= 11 is 0. The van der Waals surface area contributed by atoms with E-state index in [0.29, 0.717) is 5.76 Å². The van der Waals surface area contributed by atoms with Crippen LogP contribution in [0, 0.1) is 0 Å². The number of nitrogens with zero attached hydrogens (tertiary/aromatic N) is 2. The number of hydrogen-bond donors (Lipinski definition) is 1. The van der Waals surface area contributed by atoms with Gasteiger partial charge < -0.3 is 10.0 Å². The third-order valence-corrected chi connectivity index (χ3v) is 2.32. The van der Waals surface area contributed by atoms with Crippen molar-refractivity contribution in [2.45, 2.75) is 6.17 Å². The molecular weight excluding hydrogens is 164 g/mol. The zero-order chi connectivity index (χ0) is 8.84. The molecule has 3 rings (SSSR count). The maximum absolute atomic E-state index is 9.40. The molecular formula is C10H8N2O. The maximum Gasteiger partial charge on any atom is 0.144 e. The largest absolute Gasteiger partial charge is 0.508 e. The molecule has 0 aromatic heterocycles. The molecule has 1 unspecified atom stereocenters. The van der Waals surface area contributed by atoms with Crippen molar-refractivity contribution in [2.75, 3.05) is 0 Å².